The molecule has 0 fully saturated rings. The molecule has 0 atom stereocenters. The van der Waals surface area contributed by atoms with E-state index in [0.717, 1.165) is 25.6 Å². The Morgan fingerprint density at radius 3 is 2.69 bits per heavy atom. The van der Waals surface area contributed by atoms with Crippen molar-refractivity contribution in [3.05, 3.63) is 68.8 Å². The maximum absolute atomic E-state index is 12.1. The van der Waals surface area contributed by atoms with E-state index in [1.165, 1.54) is 6.21 Å². The van der Waals surface area contributed by atoms with Crippen molar-refractivity contribution in [1.29, 1.82) is 0 Å². The topological polar surface area (TPSA) is 63.8 Å². The Morgan fingerprint density at radius 1 is 1.19 bits per heavy atom. The van der Waals surface area contributed by atoms with Crippen molar-refractivity contribution in [3.63, 3.8) is 0 Å². The van der Waals surface area contributed by atoms with Gasteiger partial charge in [-0.2, -0.15) is 5.10 Å². The molecule has 1 heterocycles. The first kappa shape index (κ1) is 18.4. The quantitative estimate of drug-likeness (QED) is 0.395. The number of carbonyl (C=O) groups is 1. The van der Waals surface area contributed by atoms with E-state index in [-0.39, 0.29) is 5.76 Å². The average Bonchev–Trinajstić information content (AvgIpc) is 3.06. The maximum atomic E-state index is 12.1. The Balaban J connectivity index is 1.62. The molecule has 5 nitrogen and oxygen atoms in total. The number of nitrogens with one attached hydrogen (secondary N) is 1. The molecule has 0 spiro atoms. The van der Waals surface area contributed by atoms with E-state index in [1.807, 2.05) is 42.5 Å². The number of methoxy groups -OCH3 is 1. The summed E-state index contributed by atoms with van der Waals surface area (Å²) in [5.74, 6) is 0.570. The highest BCUT2D eigenvalue weighted by Crippen LogP contribution is 2.30. The van der Waals surface area contributed by atoms with E-state index in [0.29, 0.717) is 5.58 Å². The summed E-state index contributed by atoms with van der Waals surface area (Å²) in [7, 11) is 1.62. The van der Waals surface area contributed by atoms with Gasteiger partial charge in [-0.25, -0.2) is 5.43 Å². The van der Waals surface area contributed by atoms with Crippen molar-refractivity contribution in [1.82, 2.24) is 5.43 Å². The molecule has 1 N–H and O–H groups in total. The predicted octanol–water partition coefficient (Wildman–Crippen LogP) is 5.40. The summed E-state index contributed by atoms with van der Waals surface area (Å²) in [5, 5.41) is 4.71. The molecule has 7 heteroatoms. The number of benzene rings is 2. The van der Waals surface area contributed by atoms with Gasteiger partial charge in [0.05, 0.1) is 11.6 Å². The van der Waals surface area contributed by atoms with Gasteiger partial charge in [-0.1, -0.05) is 34.1 Å². The van der Waals surface area contributed by atoms with Gasteiger partial charge in [0.25, 0.3) is 0 Å². The number of allylic oxidation sites excluding steroid dienone is 1. The molecule has 1 amide bonds. The van der Waals surface area contributed by atoms with Crippen LogP contribution in [0.2, 0.25) is 0 Å². The molecule has 0 aliphatic rings. The molecular formula is C19H14Br2N2O3. The molecule has 0 aliphatic heterocycles. The number of carbonyl (C=O) groups excluding carboxylic acids is 1. The number of furan rings is 1. The third-order valence-electron chi connectivity index (χ3n) is 3.49. The molecule has 1 aromatic heterocycles. The van der Waals surface area contributed by atoms with E-state index in [1.54, 1.807) is 19.3 Å². The zero-order valence-electron chi connectivity index (χ0n) is 13.7. The van der Waals surface area contributed by atoms with Gasteiger partial charge in [-0.05, 0) is 57.9 Å². The van der Waals surface area contributed by atoms with Gasteiger partial charge in [0.1, 0.15) is 11.3 Å². The maximum Gasteiger partial charge on any atom is 0.307 e. The largest absolute Gasteiger partial charge is 0.497 e. The first-order valence-corrected chi connectivity index (χ1v) is 9.18. The summed E-state index contributed by atoms with van der Waals surface area (Å²) in [6.07, 6.45) is 5.09. The van der Waals surface area contributed by atoms with Crippen molar-refractivity contribution < 1.29 is 13.9 Å². The number of nitrogens with zero attached hydrogens (tertiary/aromatic N) is 1. The molecule has 132 valence electrons. The van der Waals surface area contributed by atoms with Crippen molar-refractivity contribution in [3.8, 4) is 5.75 Å². The number of hydrazone groups is 1. The fraction of sp³-hybridized carbons (Fsp3) is 0.0526. The summed E-state index contributed by atoms with van der Waals surface area (Å²) >= 11 is 6.82. The van der Waals surface area contributed by atoms with Crippen molar-refractivity contribution in [2.45, 2.75) is 0 Å². The third kappa shape index (κ3) is 4.42. The lowest BCUT2D eigenvalue weighted by Crippen LogP contribution is -2.16. The van der Waals surface area contributed by atoms with Crippen molar-refractivity contribution >= 4 is 61.0 Å². The highest BCUT2D eigenvalue weighted by Gasteiger charge is 2.13. The van der Waals surface area contributed by atoms with Gasteiger partial charge in [0, 0.05) is 16.1 Å². The van der Waals surface area contributed by atoms with Crippen LogP contribution in [0.5, 0.6) is 5.75 Å². The Labute approximate surface area is 167 Å². The monoisotopic (exact) mass is 476 g/mol. The Bertz CT molecular complexity index is 992. The molecule has 2 aromatic carbocycles. The van der Waals surface area contributed by atoms with Crippen LogP contribution in [0.25, 0.3) is 17.0 Å². The van der Waals surface area contributed by atoms with Gasteiger partial charge < -0.3 is 9.15 Å². The number of rotatable bonds is 5. The van der Waals surface area contributed by atoms with Crippen LogP contribution in [-0.4, -0.2) is 19.2 Å². The van der Waals surface area contributed by atoms with Crippen LogP contribution in [0, 0.1) is 0 Å². The second kappa shape index (κ2) is 8.33. The van der Waals surface area contributed by atoms with Crippen LogP contribution in [0.4, 0.5) is 0 Å². The highest BCUT2D eigenvalue weighted by atomic mass is 79.9. The molecule has 0 radical (unpaired) electrons. The number of hydrogen-bond acceptors (Lipinski definition) is 4. The van der Waals surface area contributed by atoms with Crippen LogP contribution >= 0.6 is 31.9 Å². The molecule has 26 heavy (non-hydrogen) atoms. The Morgan fingerprint density at radius 2 is 1.96 bits per heavy atom. The summed E-state index contributed by atoms with van der Waals surface area (Å²) in [6, 6.07) is 13.0. The van der Waals surface area contributed by atoms with Crippen LogP contribution in [0.3, 0.4) is 0 Å². The molecular weight excluding hydrogens is 464 g/mol. The molecule has 0 saturated heterocycles. The molecule has 3 aromatic rings. The summed E-state index contributed by atoms with van der Waals surface area (Å²) < 4.78 is 12.3. The number of ether oxygens (including phenoxy) is 1. The zero-order valence-corrected chi connectivity index (χ0v) is 16.9. The van der Waals surface area contributed by atoms with Gasteiger partial charge in [0.2, 0.25) is 0 Å². The van der Waals surface area contributed by atoms with E-state index in [9.17, 15) is 4.79 Å². The van der Waals surface area contributed by atoms with E-state index < -0.39 is 5.91 Å². The standard InChI is InChI=1S/C19H14Br2N2O3/c1-25-15-6-4-12(5-7-15)3-2-8-22-23-19(24)17-10-13-9-14(20)11-16(21)18(13)26-17/h2-11H,1H3,(H,23,24)/b3-2+,22-8-. The summed E-state index contributed by atoms with van der Waals surface area (Å²) in [5.41, 5.74) is 4.05. The van der Waals surface area contributed by atoms with Crippen molar-refractivity contribution in [2.24, 2.45) is 5.10 Å². The minimum atomic E-state index is -0.418. The first-order valence-electron chi connectivity index (χ1n) is 7.59. The number of halogens is 2. The first-order chi connectivity index (χ1) is 12.6. The van der Waals surface area contributed by atoms with E-state index >= 15 is 0 Å². The molecule has 0 aliphatic carbocycles. The van der Waals surface area contributed by atoms with E-state index in [2.05, 4.69) is 42.4 Å². The minimum absolute atomic E-state index is 0.190. The van der Waals surface area contributed by atoms with Gasteiger partial charge in [0.15, 0.2) is 5.76 Å². The van der Waals surface area contributed by atoms with Crippen molar-refractivity contribution in [2.75, 3.05) is 7.11 Å². The highest BCUT2D eigenvalue weighted by molar-refractivity contribution is 9.11. The third-order valence-corrected chi connectivity index (χ3v) is 4.54. The van der Waals surface area contributed by atoms with Crippen LogP contribution in [-0.2, 0) is 0 Å². The van der Waals surface area contributed by atoms with Crippen LogP contribution in [0.1, 0.15) is 16.1 Å². The fourth-order valence-electron chi connectivity index (χ4n) is 2.25. The molecule has 0 saturated carbocycles. The molecule has 0 bridgehead atoms. The second-order valence-electron chi connectivity index (χ2n) is 5.27. The minimum Gasteiger partial charge on any atom is -0.497 e. The lowest BCUT2D eigenvalue weighted by molar-refractivity contribution is 0.0929. The molecule has 3 rings (SSSR count). The van der Waals surface area contributed by atoms with E-state index in [4.69, 9.17) is 9.15 Å². The zero-order chi connectivity index (χ0) is 18.5. The Kier molecular flexibility index (Phi) is 5.90. The van der Waals surface area contributed by atoms with Gasteiger partial charge in [-0.15, -0.1) is 0 Å². The number of hydrogen-bond donors (Lipinski definition) is 1. The summed E-state index contributed by atoms with van der Waals surface area (Å²) in [4.78, 5) is 12.1. The average molecular weight is 478 g/mol. The normalized spacial score (nSPS) is 11.5. The molecule has 0 unspecified atom stereocenters. The van der Waals surface area contributed by atoms with Crippen LogP contribution < -0.4 is 10.2 Å². The number of fused-ring (bicyclic) bond motifs is 1. The predicted molar refractivity (Wildman–Crippen MR) is 110 cm³/mol. The van der Waals surface area contributed by atoms with Gasteiger partial charge >= 0.3 is 5.91 Å². The number of amides is 1. The lowest BCUT2D eigenvalue weighted by Gasteiger charge is -1.98. The lowest BCUT2D eigenvalue weighted by atomic mass is 10.2. The fourth-order valence-corrected chi connectivity index (χ4v) is 3.59. The van der Waals surface area contributed by atoms with Gasteiger partial charge in [-0.3, -0.25) is 4.79 Å². The smallest absolute Gasteiger partial charge is 0.307 e. The van der Waals surface area contributed by atoms with Crippen LogP contribution in [0.15, 0.2) is 67.0 Å². The Hall–Kier alpha value is -2.38. The SMILES string of the molecule is COc1ccc(/C=C/C=N\NC(=O)c2cc3cc(Br)cc(Br)c3o2)cc1. The second-order valence-corrected chi connectivity index (χ2v) is 7.04. The summed E-state index contributed by atoms with van der Waals surface area (Å²) in [6.45, 7) is 0.